The van der Waals surface area contributed by atoms with Crippen molar-refractivity contribution < 1.29 is 0 Å². The van der Waals surface area contributed by atoms with Crippen LogP contribution in [0.25, 0.3) is 0 Å². The number of nitrogens with zero attached hydrogens (tertiary/aromatic N) is 2. The SMILES string of the molecule is CCNc1ncnc(Nc2cccc(Cl)c2)c1Br. The van der Waals surface area contributed by atoms with Gasteiger partial charge in [0.15, 0.2) is 0 Å². The Bertz CT molecular complexity index is 547. The van der Waals surface area contributed by atoms with E-state index in [0.29, 0.717) is 10.8 Å². The molecule has 6 heteroatoms. The average Bonchev–Trinajstić information content (AvgIpc) is 2.35. The number of nitrogens with one attached hydrogen (secondary N) is 2. The van der Waals surface area contributed by atoms with E-state index in [0.717, 1.165) is 22.5 Å². The fraction of sp³-hybridized carbons (Fsp3) is 0.167. The minimum absolute atomic E-state index is 0.678. The molecule has 0 bridgehead atoms. The van der Waals surface area contributed by atoms with Crippen molar-refractivity contribution in [1.82, 2.24) is 9.97 Å². The van der Waals surface area contributed by atoms with Gasteiger partial charge >= 0.3 is 0 Å². The Kier molecular flexibility index (Phi) is 4.38. The Morgan fingerprint density at radius 3 is 2.78 bits per heavy atom. The van der Waals surface area contributed by atoms with Crippen LogP contribution in [0, 0.1) is 0 Å². The fourth-order valence-corrected chi connectivity index (χ4v) is 2.08. The summed E-state index contributed by atoms with van der Waals surface area (Å²) in [6, 6.07) is 7.47. The predicted octanol–water partition coefficient (Wildman–Crippen LogP) is 4.07. The monoisotopic (exact) mass is 326 g/mol. The first-order valence-corrected chi connectivity index (χ1v) is 6.64. The average molecular weight is 328 g/mol. The minimum Gasteiger partial charge on any atom is -0.369 e. The van der Waals surface area contributed by atoms with E-state index in [1.165, 1.54) is 6.33 Å². The molecule has 2 rings (SSSR count). The second-order valence-electron chi connectivity index (χ2n) is 3.55. The van der Waals surface area contributed by atoms with E-state index in [2.05, 4.69) is 36.5 Å². The number of hydrogen-bond acceptors (Lipinski definition) is 4. The minimum atomic E-state index is 0.678. The van der Waals surface area contributed by atoms with Gasteiger partial charge in [0, 0.05) is 17.3 Å². The molecule has 0 aliphatic carbocycles. The highest BCUT2D eigenvalue weighted by Gasteiger charge is 2.08. The lowest BCUT2D eigenvalue weighted by Crippen LogP contribution is -2.03. The molecule has 0 spiro atoms. The molecule has 2 aromatic rings. The molecule has 0 amide bonds. The number of benzene rings is 1. The molecule has 0 aliphatic rings. The number of rotatable bonds is 4. The van der Waals surface area contributed by atoms with Gasteiger partial charge < -0.3 is 10.6 Å². The third-order valence-corrected chi connectivity index (χ3v) is 3.21. The lowest BCUT2D eigenvalue weighted by atomic mass is 10.3. The summed E-state index contributed by atoms with van der Waals surface area (Å²) in [6.45, 7) is 2.81. The fourth-order valence-electron chi connectivity index (χ4n) is 1.45. The van der Waals surface area contributed by atoms with E-state index in [-0.39, 0.29) is 0 Å². The molecule has 0 atom stereocenters. The topological polar surface area (TPSA) is 49.8 Å². The molecular formula is C12H12BrClN4. The summed E-state index contributed by atoms with van der Waals surface area (Å²) in [6.07, 6.45) is 1.51. The molecular weight excluding hydrogens is 316 g/mol. The zero-order valence-corrected chi connectivity index (χ0v) is 12.1. The third kappa shape index (κ3) is 3.11. The zero-order chi connectivity index (χ0) is 13.0. The Hall–Kier alpha value is -1.33. The van der Waals surface area contributed by atoms with Gasteiger partial charge in [0.05, 0.1) is 0 Å². The van der Waals surface area contributed by atoms with E-state index in [4.69, 9.17) is 11.6 Å². The van der Waals surface area contributed by atoms with Crippen molar-refractivity contribution >= 4 is 44.9 Å². The summed E-state index contributed by atoms with van der Waals surface area (Å²) < 4.78 is 0.798. The maximum absolute atomic E-state index is 5.94. The number of halogens is 2. The lowest BCUT2D eigenvalue weighted by molar-refractivity contribution is 1.10. The van der Waals surface area contributed by atoms with Gasteiger partial charge in [0.2, 0.25) is 0 Å². The highest BCUT2D eigenvalue weighted by atomic mass is 79.9. The second kappa shape index (κ2) is 6.02. The van der Waals surface area contributed by atoms with Crippen LogP contribution in [0.1, 0.15) is 6.92 Å². The summed E-state index contributed by atoms with van der Waals surface area (Å²) >= 11 is 9.41. The van der Waals surface area contributed by atoms with Gasteiger partial charge in [-0.25, -0.2) is 9.97 Å². The summed E-state index contributed by atoms with van der Waals surface area (Å²) in [5.41, 5.74) is 0.879. The van der Waals surface area contributed by atoms with Crippen LogP contribution in [-0.4, -0.2) is 16.5 Å². The summed E-state index contributed by atoms with van der Waals surface area (Å²) in [5, 5.41) is 7.02. The lowest BCUT2D eigenvalue weighted by Gasteiger charge is -2.10. The standard InChI is InChI=1S/C12H12BrClN4/c1-2-15-11-10(13)12(17-7-16-11)18-9-5-3-4-8(14)6-9/h3-7H,2H2,1H3,(H2,15,16,17,18). The third-order valence-electron chi connectivity index (χ3n) is 2.22. The Balaban J connectivity index is 2.26. The molecule has 1 aromatic carbocycles. The molecule has 0 aliphatic heterocycles. The van der Waals surface area contributed by atoms with Crippen LogP contribution in [0.15, 0.2) is 35.1 Å². The summed E-state index contributed by atoms with van der Waals surface area (Å²) in [7, 11) is 0. The molecule has 4 nitrogen and oxygen atoms in total. The summed E-state index contributed by atoms with van der Waals surface area (Å²) in [4.78, 5) is 8.35. The first kappa shape index (κ1) is 13.1. The molecule has 0 saturated carbocycles. The molecule has 0 fully saturated rings. The Morgan fingerprint density at radius 2 is 2.06 bits per heavy atom. The van der Waals surface area contributed by atoms with Crippen LogP contribution < -0.4 is 10.6 Å². The Labute approximate surface area is 119 Å². The van der Waals surface area contributed by atoms with Gasteiger partial charge in [-0.2, -0.15) is 0 Å². The van der Waals surface area contributed by atoms with Crippen molar-refractivity contribution in [2.24, 2.45) is 0 Å². The van der Waals surface area contributed by atoms with Crippen molar-refractivity contribution in [1.29, 1.82) is 0 Å². The van der Waals surface area contributed by atoms with Gasteiger partial charge in [-0.15, -0.1) is 0 Å². The van der Waals surface area contributed by atoms with Crippen molar-refractivity contribution in [3.8, 4) is 0 Å². The highest BCUT2D eigenvalue weighted by molar-refractivity contribution is 9.10. The van der Waals surface area contributed by atoms with Crippen LogP contribution in [0.5, 0.6) is 0 Å². The van der Waals surface area contributed by atoms with Crippen molar-refractivity contribution in [2.45, 2.75) is 6.92 Å². The molecule has 94 valence electrons. The maximum Gasteiger partial charge on any atom is 0.150 e. The van der Waals surface area contributed by atoms with Crippen LogP contribution in [0.4, 0.5) is 17.3 Å². The molecule has 18 heavy (non-hydrogen) atoms. The van der Waals surface area contributed by atoms with E-state index in [9.17, 15) is 0 Å². The molecule has 2 N–H and O–H groups in total. The van der Waals surface area contributed by atoms with Crippen LogP contribution >= 0.6 is 27.5 Å². The molecule has 0 radical (unpaired) electrons. The van der Waals surface area contributed by atoms with Crippen LogP contribution in [-0.2, 0) is 0 Å². The van der Waals surface area contributed by atoms with E-state index in [1.54, 1.807) is 0 Å². The largest absolute Gasteiger partial charge is 0.369 e. The van der Waals surface area contributed by atoms with Crippen LogP contribution in [0.2, 0.25) is 5.02 Å². The van der Waals surface area contributed by atoms with E-state index >= 15 is 0 Å². The Morgan fingerprint density at radius 1 is 1.28 bits per heavy atom. The first-order chi connectivity index (χ1) is 8.70. The molecule has 0 unspecified atom stereocenters. The first-order valence-electron chi connectivity index (χ1n) is 5.47. The smallest absolute Gasteiger partial charge is 0.150 e. The highest BCUT2D eigenvalue weighted by Crippen LogP contribution is 2.29. The molecule has 0 saturated heterocycles. The number of aromatic nitrogens is 2. The zero-order valence-electron chi connectivity index (χ0n) is 9.74. The van der Waals surface area contributed by atoms with Gasteiger partial charge in [0.1, 0.15) is 22.4 Å². The molecule has 1 heterocycles. The predicted molar refractivity (Wildman–Crippen MR) is 78.6 cm³/mol. The normalized spacial score (nSPS) is 10.2. The van der Waals surface area contributed by atoms with Crippen molar-refractivity contribution in [2.75, 3.05) is 17.2 Å². The van der Waals surface area contributed by atoms with Crippen molar-refractivity contribution in [3.05, 3.63) is 40.1 Å². The van der Waals surface area contributed by atoms with Gasteiger partial charge in [-0.1, -0.05) is 17.7 Å². The van der Waals surface area contributed by atoms with Crippen molar-refractivity contribution in [3.63, 3.8) is 0 Å². The molecule has 1 aromatic heterocycles. The van der Waals surface area contributed by atoms with Gasteiger partial charge in [-0.3, -0.25) is 0 Å². The van der Waals surface area contributed by atoms with Gasteiger partial charge in [0.25, 0.3) is 0 Å². The van der Waals surface area contributed by atoms with E-state index in [1.807, 2.05) is 31.2 Å². The maximum atomic E-state index is 5.94. The number of hydrogen-bond donors (Lipinski definition) is 2. The van der Waals surface area contributed by atoms with Crippen LogP contribution in [0.3, 0.4) is 0 Å². The number of anilines is 3. The second-order valence-corrected chi connectivity index (χ2v) is 4.78. The quantitative estimate of drug-likeness (QED) is 0.889. The van der Waals surface area contributed by atoms with Gasteiger partial charge in [-0.05, 0) is 41.1 Å². The van der Waals surface area contributed by atoms with E-state index < -0.39 is 0 Å². The summed E-state index contributed by atoms with van der Waals surface area (Å²) in [5.74, 6) is 1.46.